The molecule has 5 heteroatoms. The van der Waals surface area contributed by atoms with Gasteiger partial charge in [-0.25, -0.2) is 0 Å². The Morgan fingerprint density at radius 3 is 2.36 bits per heavy atom. The minimum atomic E-state index is -3.10. The van der Waals surface area contributed by atoms with Crippen molar-refractivity contribution in [2.75, 3.05) is 5.75 Å². The second-order valence-electron chi connectivity index (χ2n) is 2.48. The predicted octanol–water partition coefficient (Wildman–Crippen LogP) is 1.57. The summed E-state index contributed by atoms with van der Waals surface area (Å²) in [5.41, 5.74) is 0. The highest BCUT2D eigenvalue weighted by Crippen LogP contribution is 2.40. The van der Waals surface area contributed by atoms with E-state index in [1.165, 1.54) is 0 Å². The Bertz CT molecular complexity index is 152. The van der Waals surface area contributed by atoms with E-state index in [9.17, 15) is 9.79 Å². The first kappa shape index (κ1) is 11.5. The molecule has 0 radical (unpaired) electrons. The summed E-state index contributed by atoms with van der Waals surface area (Å²) < 4.78 is 4.92. The van der Waals surface area contributed by atoms with Gasteiger partial charge in [0.1, 0.15) is 0 Å². The molecule has 3 nitrogen and oxygen atoms in total. The molecule has 0 aliphatic heterocycles. The molecule has 2 N–H and O–H groups in total. The molecule has 0 amide bonds. The largest absolute Gasteiger partial charge is 0.517 e. The molecule has 0 bridgehead atoms. The third-order valence-corrected chi connectivity index (χ3v) is 4.25. The van der Waals surface area contributed by atoms with Crippen LogP contribution in [0, 0.1) is 0 Å². The van der Waals surface area contributed by atoms with E-state index in [-0.39, 0.29) is 6.10 Å². The fourth-order valence-electron chi connectivity index (χ4n) is 0.515. The van der Waals surface area contributed by atoms with Crippen LogP contribution >= 0.6 is 6.72 Å². The Morgan fingerprint density at radius 2 is 2.00 bits per heavy atom. The van der Waals surface area contributed by atoms with Crippen LogP contribution in [0.25, 0.3) is 0 Å². The summed E-state index contributed by atoms with van der Waals surface area (Å²) in [7, 11) is 1.11. The van der Waals surface area contributed by atoms with Crippen molar-refractivity contribution >= 4 is 17.7 Å². The van der Waals surface area contributed by atoms with Crippen LogP contribution in [-0.2, 0) is 15.5 Å². The molecule has 0 unspecified atom stereocenters. The van der Waals surface area contributed by atoms with Crippen LogP contribution in [0.2, 0.25) is 0 Å². The summed E-state index contributed by atoms with van der Waals surface area (Å²) in [5.74, 6) is 0.730. The van der Waals surface area contributed by atoms with Gasteiger partial charge in [0.15, 0.2) is 5.75 Å². The lowest BCUT2D eigenvalue weighted by Gasteiger charge is -2.05. The van der Waals surface area contributed by atoms with Crippen molar-refractivity contribution in [3.8, 4) is 0 Å². The van der Waals surface area contributed by atoms with E-state index in [1.807, 2.05) is 6.92 Å². The lowest BCUT2D eigenvalue weighted by molar-refractivity contribution is 0.198. The van der Waals surface area contributed by atoms with E-state index >= 15 is 0 Å². The second-order valence-corrected chi connectivity index (χ2v) is 6.54. The molecule has 0 aliphatic carbocycles. The van der Waals surface area contributed by atoms with Gasteiger partial charge in [0.05, 0.1) is 6.10 Å². The summed E-state index contributed by atoms with van der Waals surface area (Å²) in [4.78, 5) is 18.4. The summed E-state index contributed by atoms with van der Waals surface area (Å²) in [6.45, 7) is 2.46. The molecule has 68 valence electrons. The zero-order valence-electron chi connectivity index (χ0n) is 7.15. The van der Waals surface area contributed by atoms with Gasteiger partial charge >= 0.3 is 6.72 Å². The zero-order chi connectivity index (χ0) is 8.91. The highest BCUT2D eigenvalue weighted by atomic mass is 32.5. The Kier molecular flexibility index (Phi) is 5.48. The number of hydrogen-bond donors (Lipinski definition) is 2. The molecule has 0 rings (SSSR count). The van der Waals surface area contributed by atoms with Gasteiger partial charge in [-0.1, -0.05) is 6.92 Å². The molecule has 0 atom stereocenters. The highest BCUT2D eigenvalue weighted by Gasteiger charge is 2.25. The van der Waals surface area contributed by atoms with Gasteiger partial charge in [-0.05, 0) is 20.3 Å². The first-order valence-electron chi connectivity index (χ1n) is 3.65. The zero-order valence-corrected chi connectivity index (χ0v) is 8.86. The van der Waals surface area contributed by atoms with E-state index in [0.717, 1.165) is 23.1 Å². The molecule has 0 aromatic carbocycles. The molecule has 0 aromatic heterocycles. The minimum absolute atomic E-state index is 0.123. The van der Waals surface area contributed by atoms with Gasteiger partial charge in [-0.2, -0.15) is 0 Å². The average molecular weight is 199 g/mol. The van der Waals surface area contributed by atoms with Crippen LogP contribution in [-0.4, -0.2) is 21.6 Å². The second kappa shape index (κ2) is 5.22. The summed E-state index contributed by atoms with van der Waals surface area (Å²) >= 11 is 0. The van der Waals surface area contributed by atoms with E-state index in [2.05, 4.69) is 0 Å². The van der Waals surface area contributed by atoms with Crippen molar-refractivity contribution < 1.29 is 14.3 Å². The van der Waals surface area contributed by atoms with Crippen LogP contribution in [0.3, 0.4) is 0 Å². The Hall–Kier alpha value is 0.530. The van der Waals surface area contributed by atoms with Crippen molar-refractivity contribution in [1.82, 2.24) is 0 Å². The molecule has 11 heavy (non-hydrogen) atoms. The van der Waals surface area contributed by atoms with Crippen LogP contribution in [0.4, 0.5) is 0 Å². The molecule has 0 fully saturated rings. The third kappa shape index (κ3) is 6.91. The lowest BCUT2D eigenvalue weighted by atomic mass is 10.5. The Balaban J connectivity index is 3.97. The standard InChI is InChI=1S/C6H16O3PS/c1-4-5-11-10(7,8)9-6(2)3/h6-8H,4-5H2,1-3H3/q+1. The molecule has 0 aliphatic rings. The molecule has 0 aromatic rings. The molecule has 0 saturated carbocycles. The van der Waals surface area contributed by atoms with Crippen molar-refractivity contribution in [2.24, 2.45) is 0 Å². The fourth-order valence-corrected chi connectivity index (χ4v) is 3.51. The van der Waals surface area contributed by atoms with E-state index in [0.29, 0.717) is 0 Å². The van der Waals surface area contributed by atoms with Crippen LogP contribution in [0.1, 0.15) is 27.2 Å². The van der Waals surface area contributed by atoms with Gasteiger partial charge in [-0.3, -0.25) is 14.3 Å². The first-order chi connectivity index (χ1) is 4.98. The molecule has 0 saturated heterocycles. The average Bonchev–Trinajstić information content (AvgIpc) is 1.81. The molecule has 0 spiro atoms. The minimum Gasteiger partial charge on any atom is -0.289 e. The van der Waals surface area contributed by atoms with Crippen LogP contribution < -0.4 is 0 Å². The quantitative estimate of drug-likeness (QED) is 0.533. The highest BCUT2D eigenvalue weighted by molar-refractivity contribution is 8.16. The number of rotatable bonds is 4. The monoisotopic (exact) mass is 199 g/mol. The van der Waals surface area contributed by atoms with Gasteiger partial charge < -0.3 is 0 Å². The Morgan fingerprint density at radius 1 is 1.45 bits per heavy atom. The maximum Gasteiger partial charge on any atom is 0.517 e. The third-order valence-electron chi connectivity index (χ3n) is 0.812. The van der Waals surface area contributed by atoms with Gasteiger partial charge in [0.2, 0.25) is 10.9 Å². The van der Waals surface area contributed by atoms with Gasteiger partial charge in [0.25, 0.3) is 0 Å². The van der Waals surface area contributed by atoms with Crippen molar-refractivity contribution in [1.29, 1.82) is 0 Å². The van der Waals surface area contributed by atoms with E-state index in [1.54, 1.807) is 13.8 Å². The smallest absolute Gasteiger partial charge is 0.289 e. The van der Waals surface area contributed by atoms with Crippen molar-refractivity contribution in [3.05, 3.63) is 0 Å². The van der Waals surface area contributed by atoms with Gasteiger partial charge in [-0.15, -0.1) is 0 Å². The number of hydrogen-bond acceptors (Lipinski definition) is 1. The summed E-state index contributed by atoms with van der Waals surface area (Å²) in [5, 5.41) is 0. The maximum atomic E-state index is 9.22. The van der Waals surface area contributed by atoms with Crippen LogP contribution in [0.5, 0.6) is 0 Å². The summed E-state index contributed by atoms with van der Waals surface area (Å²) in [6.07, 6.45) is 0.803. The van der Waals surface area contributed by atoms with Crippen LogP contribution in [0.15, 0.2) is 0 Å². The SMILES string of the molecule is CCC[S+]=P(O)(O)OC(C)C. The molecular formula is C6H16O3PS+. The summed E-state index contributed by atoms with van der Waals surface area (Å²) in [6, 6.07) is 0. The van der Waals surface area contributed by atoms with Gasteiger partial charge in [0, 0.05) is 0 Å². The maximum absolute atomic E-state index is 9.22. The fraction of sp³-hybridized carbons (Fsp3) is 1.00. The lowest BCUT2D eigenvalue weighted by Crippen LogP contribution is -2.00. The molecular weight excluding hydrogens is 183 g/mol. The molecule has 0 heterocycles. The van der Waals surface area contributed by atoms with E-state index < -0.39 is 6.72 Å². The van der Waals surface area contributed by atoms with Crippen molar-refractivity contribution in [3.63, 3.8) is 0 Å². The predicted molar refractivity (Wildman–Crippen MR) is 50.1 cm³/mol. The Labute approximate surface area is 71.6 Å². The van der Waals surface area contributed by atoms with Crippen molar-refractivity contribution in [2.45, 2.75) is 33.3 Å². The van der Waals surface area contributed by atoms with E-state index in [4.69, 9.17) is 4.52 Å². The normalized spacial score (nSPS) is 12.2. The first-order valence-corrected chi connectivity index (χ1v) is 6.85. The topological polar surface area (TPSA) is 49.7 Å².